The SMILES string of the molecule is Cc1cc(=O)oc2cc(NC(=O)Cn3nc(C(N)=O)c4ccccc4c3=O)ccc12. The predicted octanol–water partition coefficient (Wildman–Crippen LogP) is 1.55. The van der Waals surface area contributed by atoms with Crippen molar-refractivity contribution in [1.29, 1.82) is 0 Å². The Kier molecular flexibility index (Phi) is 4.63. The number of hydrogen-bond acceptors (Lipinski definition) is 6. The third-order valence-corrected chi connectivity index (χ3v) is 4.63. The second kappa shape index (κ2) is 7.28. The van der Waals surface area contributed by atoms with Crippen LogP contribution < -0.4 is 22.2 Å². The van der Waals surface area contributed by atoms with Crippen LogP contribution in [0.5, 0.6) is 0 Å². The summed E-state index contributed by atoms with van der Waals surface area (Å²) in [5, 5.41) is 7.89. The van der Waals surface area contributed by atoms with Gasteiger partial charge < -0.3 is 15.5 Å². The summed E-state index contributed by atoms with van der Waals surface area (Å²) in [4.78, 5) is 48.5. The number of anilines is 1. The van der Waals surface area contributed by atoms with Crippen LogP contribution in [0.3, 0.4) is 0 Å². The molecule has 9 nitrogen and oxygen atoms in total. The molecule has 2 aromatic heterocycles. The Balaban J connectivity index is 1.66. The Hall–Kier alpha value is -4.27. The van der Waals surface area contributed by atoms with Gasteiger partial charge in [0.15, 0.2) is 5.69 Å². The number of nitrogens with one attached hydrogen (secondary N) is 1. The summed E-state index contributed by atoms with van der Waals surface area (Å²) in [6, 6.07) is 12.7. The number of aromatic nitrogens is 2. The molecule has 0 aliphatic heterocycles. The lowest BCUT2D eigenvalue weighted by Crippen LogP contribution is -2.32. The summed E-state index contributed by atoms with van der Waals surface area (Å²) >= 11 is 0. The number of primary amides is 1. The number of carbonyl (C=O) groups is 2. The highest BCUT2D eigenvalue weighted by molar-refractivity contribution is 6.04. The lowest BCUT2D eigenvalue weighted by atomic mass is 10.1. The van der Waals surface area contributed by atoms with Gasteiger partial charge >= 0.3 is 5.63 Å². The van der Waals surface area contributed by atoms with E-state index in [1.807, 2.05) is 0 Å². The van der Waals surface area contributed by atoms with E-state index in [1.54, 1.807) is 37.3 Å². The lowest BCUT2D eigenvalue weighted by Gasteiger charge is -2.10. The fourth-order valence-electron chi connectivity index (χ4n) is 3.26. The minimum absolute atomic E-state index is 0.0963. The van der Waals surface area contributed by atoms with E-state index < -0.39 is 29.5 Å². The predicted molar refractivity (Wildman–Crippen MR) is 110 cm³/mol. The molecule has 4 rings (SSSR count). The first kappa shape index (κ1) is 19.1. The Labute approximate surface area is 168 Å². The molecule has 150 valence electrons. The number of amides is 2. The normalized spacial score (nSPS) is 11.0. The van der Waals surface area contributed by atoms with Crippen molar-refractivity contribution in [2.24, 2.45) is 5.73 Å². The summed E-state index contributed by atoms with van der Waals surface area (Å²) in [6.45, 7) is 1.35. The topological polar surface area (TPSA) is 137 Å². The zero-order valence-electron chi connectivity index (χ0n) is 15.8. The van der Waals surface area contributed by atoms with Crippen LogP contribution in [0.2, 0.25) is 0 Å². The zero-order valence-corrected chi connectivity index (χ0v) is 15.8. The molecule has 0 radical (unpaired) electrons. The fourth-order valence-corrected chi connectivity index (χ4v) is 3.26. The quantitative estimate of drug-likeness (QED) is 0.495. The van der Waals surface area contributed by atoms with Crippen molar-refractivity contribution >= 4 is 39.2 Å². The van der Waals surface area contributed by atoms with Crippen LogP contribution in [0, 0.1) is 6.92 Å². The number of benzene rings is 2. The molecule has 30 heavy (non-hydrogen) atoms. The van der Waals surface area contributed by atoms with Gasteiger partial charge in [0, 0.05) is 28.6 Å². The van der Waals surface area contributed by atoms with Crippen molar-refractivity contribution in [1.82, 2.24) is 9.78 Å². The smallest absolute Gasteiger partial charge is 0.336 e. The van der Waals surface area contributed by atoms with Crippen molar-refractivity contribution in [2.75, 3.05) is 5.32 Å². The molecule has 0 spiro atoms. The van der Waals surface area contributed by atoms with Gasteiger partial charge in [0.25, 0.3) is 11.5 Å². The monoisotopic (exact) mass is 404 g/mol. The van der Waals surface area contributed by atoms with Gasteiger partial charge in [0.05, 0.1) is 5.39 Å². The van der Waals surface area contributed by atoms with Crippen LogP contribution in [-0.2, 0) is 11.3 Å². The summed E-state index contributed by atoms with van der Waals surface area (Å²) < 4.78 is 6.06. The highest BCUT2D eigenvalue weighted by atomic mass is 16.4. The Morgan fingerprint density at radius 1 is 1.07 bits per heavy atom. The maximum absolute atomic E-state index is 12.7. The first-order chi connectivity index (χ1) is 14.3. The molecule has 0 aliphatic carbocycles. The highest BCUT2D eigenvalue weighted by Gasteiger charge is 2.16. The molecule has 2 amide bonds. The zero-order chi connectivity index (χ0) is 21.4. The van der Waals surface area contributed by atoms with E-state index in [4.69, 9.17) is 10.2 Å². The maximum atomic E-state index is 12.7. The molecule has 0 saturated carbocycles. The van der Waals surface area contributed by atoms with E-state index in [2.05, 4.69) is 10.4 Å². The van der Waals surface area contributed by atoms with Gasteiger partial charge in [-0.05, 0) is 30.7 Å². The minimum Gasteiger partial charge on any atom is -0.423 e. The van der Waals surface area contributed by atoms with Gasteiger partial charge in [-0.25, -0.2) is 9.48 Å². The summed E-state index contributed by atoms with van der Waals surface area (Å²) in [6.07, 6.45) is 0. The lowest BCUT2D eigenvalue weighted by molar-refractivity contribution is -0.117. The number of carbonyl (C=O) groups excluding carboxylic acids is 2. The van der Waals surface area contributed by atoms with E-state index in [9.17, 15) is 19.2 Å². The number of aryl methyl sites for hydroxylation is 1. The first-order valence-corrected chi connectivity index (χ1v) is 8.97. The highest BCUT2D eigenvalue weighted by Crippen LogP contribution is 2.20. The van der Waals surface area contributed by atoms with Gasteiger partial charge in [0.1, 0.15) is 12.1 Å². The number of fused-ring (bicyclic) bond motifs is 2. The van der Waals surface area contributed by atoms with E-state index in [-0.39, 0.29) is 11.1 Å². The molecule has 2 aromatic carbocycles. The molecule has 9 heteroatoms. The van der Waals surface area contributed by atoms with Crippen molar-refractivity contribution in [3.63, 3.8) is 0 Å². The van der Waals surface area contributed by atoms with Gasteiger partial charge in [-0.2, -0.15) is 5.10 Å². The van der Waals surface area contributed by atoms with Crippen molar-refractivity contribution in [3.8, 4) is 0 Å². The molecule has 0 saturated heterocycles. The number of hydrogen-bond donors (Lipinski definition) is 2. The van der Waals surface area contributed by atoms with Crippen molar-refractivity contribution in [3.05, 3.63) is 80.6 Å². The molecular formula is C21H16N4O5. The number of nitrogens with two attached hydrogens (primary N) is 1. The van der Waals surface area contributed by atoms with E-state index in [0.29, 0.717) is 16.7 Å². The third kappa shape index (κ3) is 3.44. The molecule has 0 aliphatic rings. The van der Waals surface area contributed by atoms with Gasteiger partial charge in [-0.1, -0.05) is 18.2 Å². The molecule has 0 bridgehead atoms. The Morgan fingerprint density at radius 3 is 2.53 bits per heavy atom. The maximum Gasteiger partial charge on any atom is 0.336 e. The largest absolute Gasteiger partial charge is 0.423 e. The molecule has 0 fully saturated rings. The second-order valence-corrected chi connectivity index (χ2v) is 6.73. The van der Waals surface area contributed by atoms with E-state index in [0.717, 1.165) is 15.6 Å². The number of rotatable bonds is 4. The third-order valence-electron chi connectivity index (χ3n) is 4.63. The average molecular weight is 404 g/mol. The molecular weight excluding hydrogens is 388 g/mol. The van der Waals surface area contributed by atoms with Crippen molar-refractivity contribution < 1.29 is 14.0 Å². The summed E-state index contributed by atoms with van der Waals surface area (Å²) in [5.41, 5.74) is 5.73. The molecule has 4 aromatic rings. The van der Waals surface area contributed by atoms with Crippen LogP contribution in [0.25, 0.3) is 21.7 Å². The van der Waals surface area contributed by atoms with E-state index >= 15 is 0 Å². The molecule has 2 heterocycles. The number of nitrogens with zero attached hydrogens (tertiary/aromatic N) is 2. The second-order valence-electron chi connectivity index (χ2n) is 6.73. The minimum atomic E-state index is -0.805. The van der Waals surface area contributed by atoms with Crippen LogP contribution in [0.1, 0.15) is 16.1 Å². The Bertz CT molecular complexity index is 1450. The molecule has 0 unspecified atom stereocenters. The standard InChI is InChI=1S/C21H16N4O5/c1-11-8-18(27)30-16-9-12(6-7-13(11)16)23-17(26)10-25-21(29)15-5-3-2-4-14(15)19(24-25)20(22)28/h2-9H,10H2,1H3,(H2,22,28)(H,23,26). The molecule has 0 atom stereocenters. The first-order valence-electron chi connectivity index (χ1n) is 8.97. The fraction of sp³-hybridized carbons (Fsp3) is 0.0952. The van der Waals surface area contributed by atoms with Gasteiger partial charge in [-0.15, -0.1) is 0 Å². The van der Waals surface area contributed by atoms with Crippen LogP contribution in [-0.4, -0.2) is 21.6 Å². The van der Waals surface area contributed by atoms with Gasteiger partial charge in [-0.3, -0.25) is 14.4 Å². The Morgan fingerprint density at radius 2 is 1.80 bits per heavy atom. The van der Waals surface area contributed by atoms with Crippen LogP contribution in [0.4, 0.5) is 5.69 Å². The summed E-state index contributed by atoms with van der Waals surface area (Å²) in [5.74, 6) is -1.36. The van der Waals surface area contributed by atoms with Crippen LogP contribution in [0.15, 0.2) is 62.5 Å². The van der Waals surface area contributed by atoms with Crippen molar-refractivity contribution in [2.45, 2.75) is 13.5 Å². The van der Waals surface area contributed by atoms with Crippen LogP contribution >= 0.6 is 0 Å². The molecule has 3 N–H and O–H groups in total. The summed E-state index contributed by atoms with van der Waals surface area (Å²) in [7, 11) is 0. The average Bonchev–Trinajstić information content (AvgIpc) is 2.69. The van der Waals surface area contributed by atoms with Gasteiger partial charge in [0.2, 0.25) is 5.91 Å². The van der Waals surface area contributed by atoms with E-state index in [1.165, 1.54) is 18.2 Å².